The summed E-state index contributed by atoms with van der Waals surface area (Å²) < 4.78 is 19.1. The van der Waals surface area contributed by atoms with Crippen LogP contribution < -0.4 is 9.47 Å². The summed E-state index contributed by atoms with van der Waals surface area (Å²) in [4.78, 5) is 2.23. The van der Waals surface area contributed by atoms with E-state index in [-0.39, 0.29) is 6.10 Å². The summed E-state index contributed by atoms with van der Waals surface area (Å²) in [6, 6.07) is 17.7. The van der Waals surface area contributed by atoms with Crippen LogP contribution in [0.5, 0.6) is 17.4 Å². The summed E-state index contributed by atoms with van der Waals surface area (Å²) in [7, 11) is 3.53. The predicted octanol–water partition coefficient (Wildman–Crippen LogP) is 4.89. The van der Waals surface area contributed by atoms with Gasteiger partial charge in [-0.2, -0.15) is 5.10 Å². The average Bonchev–Trinajstić information content (AvgIpc) is 3.13. The zero-order valence-corrected chi connectivity index (χ0v) is 20.9. The van der Waals surface area contributed by atoms with Gasteiger partial charge >= 0.3 is 0 Å². The van der Waals surface area contributed by atoms with Crippen LogP contribution in [-0.4, -0.2) is 58.8 Å². The van der Waals surface area contributed by atoms with Crippen molar-refractivity contribution in [2.75, 3.05) is 26.8 Å². The molecule has 1 N–H and O–H groups in total. The molecule has 1 aromatic heterocycles. The molecule has 0 aliphatic heterocycles. The molecule has 3 aromatic rings. The number of aliphatic hydroxyl groups is 1. The molecule has 0 amide bonds. The Hall–Kier alpha value is -2.87. The van der Waals surface area contributed by atoms with E-state index >= 15 is 0 Å². The molecule has 0 aliphatic rings. The van der Waals surface area contributed by atoms with Gasteiger partial charge in [0.05, 0.1) is 31.5 Å². The Bertz CT molecular complexity index is 1020. The molecule has 2 aromatic carbocycles. The molecule has 3 rings (SSSR count). The van der Waals surface area contributed by atoms with Gasteiger partial charge in [-0.05, 0) is 38.9 Å². The lowest BCUT2D eigenvalue weighted by Crippen LogP contribution is -2.35. The minimum absolute atomic E-state index is 0.0835. The van der Waals surface area contributed by atoms with Gasteiger partial charge in [0.15, 0.2) is 0 Å². The summed E-state index contributed by atoms with van der Waals surface area (Å²) in [5.41, 5.74) is 2.87. The lowest BCUT2D eigenvalue weighted by molar-refractivity contribution is -0.00953. The number of methoxy groups -OCH3 is 1. The number of aliphatic hydroxyl groups excluding tert-OH is 1. The average molecular weight is 468 g/mol. The standard InChI is InChI=1S/C27H37N3O4/c1-6-15-30(17-22(31)19-33-20(2)3)18-25-26(21-11-8-7-9-12-21)28-29(4)27(25)34-24-14-10-13-23(16-24)32-5/h7-14,16,20,22,31H,6,15,17-19H2,1-5H3/t22-/m0/s1. The Morgan fingerprint density at radius 2 is 1.79 bits per heavy atom. The van der Waals surface area contributed by atoms with E-state index in [1.807, 2.05) is 63.4 Å². The van der Waals surface area contributed by atoms with Crippen molar-refractivity contribution in [2.24, 2.45) is 7.05 Å². The van der Waals surface area contributed by atoms with Crippen molar-refractivity contribution >= 4 is 0 Å². The van der Waals surface area contributed by atoms with Crippen molar-refractivity contribution in [1.82, 2.24) is 14.7 Å². The first-order chi connectivity index (χ1) is 16.4. The summed E-state index contributed by atoms with van der Waals surface area (Å²) in [5, 5.41) is 15.4. The Kier molecular flexibility index (Phi) is 9.51. The van der Waals surface area contributed by atoms with Crippen molar-refractivity contribution in [3.63, 3.8) is 0 Å². The third-order valence-corrected chi connectivity index (χ3v) is 5.40. The fourth-order valence-corrected chi connectivity index (χ4v) is 3.86. The third kappa shape index (κ3) is 7.06. The predicted molar refractivity (Wildman–Crippen MR) is 134 cm³/mol. The van der Waals surface area contributed by atoms with Gasteiger partial charge in [-0.15, -0.1) is 0 Å². The molecule has 34 heavy (non-hydrogen) atoms. The second-order valence-corrected chi connectivity index (χ2v) is 8.67. The molecular formula is C27H37N3O4. The van der Waals surface area contributed by atoms with Gasteiger partial charge in [0.2, 0.25) is 5.88 Å². The van der Waals surface area contributed by atoms with E-state index < -0.39 is 6.10 Å². The van der Waals surface area contributed by atoms with Crippen LogP contribution in [0.4, 0.5) is 0 Å². The van der Waals surface area contributed by atoms with Gasteiger partial charge in [-0.25, -0.2) is 4.68 Å². The molecule has 0 saturated heterocycles. The fraction of sp³-hybridized carbons (Fsp3) is 0.444. The molecule has 0 unspecified atom stereocenters. The van der Waals surface area contributed by atoms with Gasteiger partial charge in [0.25, 0.3) is 0 Å². The second-order valence-electron chi connectivity index (χ2n) is 8.67. The number of hydrogen-bond donors (Lipinski definition) is 1. The van der Waals surface area contributed by atoms with Crippen LogP contribution in [0, 0.1) is 0 Å². The highest BCUT2D eigenvalue weighted by atomic mass is 16.5. The van der Waals surface area contributed by atoms with Gasteiger partial charge in [0, 0.05) is 31.8 Å². The lowest BCUT2D eigenvalue weighted by atomic mass is 10.1. The lowest BCUT2D eigenvalue weighted by Gasteiger charge is -2.25. The van der Waals surface area contributed by atoms with Crippen LogP contribution in [0.1, 0.15) is 32.8 Å². The SMILES string of the molecule is CCCN(Cc1c(-c2ccccc2)nn(C)c1Oc1cccc(OC)c1)C[C@H](O)COC(C)C. The molecular weight excluding hydrogens is 430 g/mol. The van der Waals surface area contributed by atoms with Crippen molar-refractivity contribution < 1.29 is 19.3 Å². The minimum atomic E-state index is -0.575. The maximum absolute atomic E-state index is 10.6. The summed E-state index contributed by atoms with van der Waals surface area (Å²) >= 11 is 0. The zero-order valence-electron chi connectivity index (χ0n) is 20.9. The Morgan fingerprint density at radius 1 is 1.06 bits per heavy atom. The summed E-state index contributed by atoms with van der Waals surface area (Å²) in [6.45, 7) is 8.32. The Morgan fingerprint density at radius 3 is 2.47 bits per heavy atom. The van der Waals surface area contributed by atoms with Crippen molar-refractivity contribution in [3.05, 3.63) is 60.2 Å². The van der Waals surface area contributed by atoms with Crippen molar-refractivity contribution in [1.29, 1.82) is 0 Å². The van der Waals surface area contributed by atoms with Crippen molar-refractivity contribution in [2.45, 2.75) is 45.9 Å². The summed E-state index contributed by atoms with van der Waals surface area (Å²) in [6.07, 6.45) is 0.471. The number of benzene rings is 2. The number of nitrogens with zero attached hydrogens (tertiary/aromatic N) is 3. The highest BCUT2D eigenvalue weighted by Gasteiger charge is 2.23. The van der Waals surface area contributed by atoms with E-state index in [0.29, 0.717) is 31.3 Å². The second kappa shape index (κ2) is 12.6. The molecule has 184 valence electrons. The van der Waals surface area contributed by atoms with Crippen LogP contribution in [0.3, 0.4) is 0 Å². The van der Waals surface area contributed by atoms with Crippen LogP contribution in [-0.2, 0) is 18.3 Å². The van der Waals surface area contributed by atoms with Gasteiger partial charge in [-0.3, -0.25) is 4.90 Å². The van der Waals surface area contributed by atoms with Gasteiger partial charge in [0.1, 0.15) is 17.2 Å². The molecule has 0 radical (unpaired) electrons. The highest BCUT2D eigenvalue weighted by molar-refractivity contribution is 5.65. The number of hydrogen-bond acceptors (Lipinski definition) is 6. The van der Waals surface area contributed by atoms with E-state index in [1.54, 1.807) is 11.8 Å². The molecule has 0 saturated carbocycles. The monoisotopic (exact) mass is 467 g/mol. The van der Waals surface area contributed by atoms with E-state index in [1.165, 1.54) is 0 Å². The van der Waals surface area contributed by atoms with E-state index in [4.69, 9.17) is 19.3 Å². The molecule has 0 bridgehead atoms. The number of aryl methyl sites for hydroxylation is 1. The minimum Gasteiger partial charge on any atom is -0.497 e. The quantitative estimate of drug-likeness (QED) is 0.386. The van der Waals surface area contributed by atoms with E-state index in [9.17, 15) is 5.11 Å². The van der Waals surface area contributed by atoms with Gasteiger partial charge < -0.3 is 19.3 Å². The first-order valence-electron chi connectivity index (χ1n) is 11.9. The van der Waals surface area contributed by atoms with Crippen LogP contribution in [0.2, 0.25) is 0 Å². The number of ether oxygens (including phenoxy) is 3. The Labute approximate surface area is 202 Å². The van der Waals surface area contributed by atoms with Crippen LogP contribution in [0.25, 0.3) is 11.3 Å². The molecule has 7 heteroatoms. The molecule has 0 spiro atoms. The molecule has 1 atom stereocenters. The maximum atomic E-state index is 10.6. The smallest absolute Gasteiger partial charge is 0.222 e. The maximum Gasteiger partial charge on any atom is 0.222 e. The van der Waals surface area contributed by atoms with Gasteiger partial charge in [-0.1, -0.05) is 43.3 Å². The molecule has 7 nitrogen and oxygen atoms in total. The summed E-state index contributed by atoms with van der Waals surface area (Å²) in [5.74, 6) is 2.07. The fourth-order valence-electron chi connectivity index (χ4n) is 3.86. The topological polar surface area (TPSA) is 69.0 Å². The molecule has 0 fully saturated rings. The van der Waals surface area contributed by atoms with Crippen LogP contribution in [0.15, 0.2) is 54.6 Å². The molecule has 1 heterocycles. The Balaban J connectivity index is 1.94. The first-order valence-corrected chi connectivity index (χ1v) is 11.9. The largest absolute Gasteiger partial charge is 0.497 e. The number of aromatic nitrogens is 2. The van der Waals surface area contributed by atoms with E-state index in [0.717, 1.165) is 35.5 Å². The first kappa shape index (κ1) is 25.7. The molecule has 0 aliphatic carbocycles. The zero-order chi connectivity index (χ0) is 24.5. The van der Waals surface area contributed by atoms with E-state index in [2.05, 4.69) is 24.0 Å². The highest BCUT2D eigenvalue weighted by Crippen LogP contribution is 2.35. The van der Waals surface area contributed by atoms with Crippen molar-refractivity contribution in [3.8, 4) is 28.6 Å². The third-order valence-electron chi connectivity index (χ3n) is 5.40. The number of rotatable bonds is 13. The van der Waals surface area contributed by atoms with Crippen LogP contribution >= 0.6 is 0 Å². The normalized spacial score (nSPS) is 12.4.